The van der Waals surface area contributed by atoms with Crippen LogP contribution in [0.15, 0.2) is 72.8 Å². The number of rotatable bonds is 8. The lowest BCUT2D eigenvalue weighted by Gasteiger charge is -2.25. The van der Waals surface area contributed by atoms with Gasteiger partial charge in [0.2, 0.25) is 5.91 Å². The highest BCUT2D eigenvalue weighted by Crippen LogP contribution is 2.21. The lowest BCUT2D eigenvalue weighted by molar-refractivity contribution is -0.135. The summed E-state index contributed by atoms with van der Waals surface area (Å²) in [6, 6.07) is 19.0. The van der Waals surface area contributed by atoms with Crippen molar-refractivity contribution >= 4 is 34.9 Å². The second-order valence-corrected chi connectivity index (χ2v) is 8.19. The smallest absolute Gasteiger partial charge is 0.264 e. The summed E-state index contributed by atoms with van der Waals surface area (Å²) >= 11 is 5.86. The van der Waals surface area contributed by atoms with Gasteiger partial charge in [0.1, 0.15) is 11.5 Å². The molecule has 0 atom stereocenters. The van der Waals surface area contributed by atoms with Crippen LogP contribution < -0.4 is 15.4 Å². The Hall–Kier alpha value is -3.84. The highest BCUT2D eigenvalue weighted by Gasteiger charge is 2.30. The number of aromatic hydroxyl groups is 1. The van der Waals surface area contributed by atoms with Crippen molar-refractivity contribution in [3.05, 3.63) is 88.9 Å². The van der Waals surface area contributed by atoms with E-state index < -0.39 is 17.4 Å². The van der Waals surface area contributed by atoms with Gasteiger partial charge >= 0.3 is 0 Å². The van der Waals surface area contributed by atoms with Crippen LogP contribution in [0.4, 0.5) is 5.69 Å². The van der Waals surface area contributed by atoms with Gasteiger partial charge in [0, 0.05) is 21.8 Å². The van der Waals surface area contributed by atoms with Crippen molar-refractivity contribution in [2.75, 3.05) is 11.9 Å². The molecule has 0 aliphatic rings. The molecule has 0 unspecified atom stereocenters. The highest BCUT2D eigenvalue weighted by molar-refractivity contribution is 6.30. The van der Waals surface area contributed by atoms with Crippen LogP contribution in [0.25, 0.3) is 0 Å². The van der Waals surface area contributed by atoms with Gasteiger partial charge < -0.3 is 20.5 Å². The normalized spacial score (nSPS) is 10.9. The van der Waals surface area contributed by atoms with Crippen LogP contribution in [-0.4, -0.2) is 34.8 Å². The number of benzene rings is 3. The van der Waals surface area contributed by atoms with E-state index in [-0.39, 0.29) is 18.1 Å². The van der Waals surface area contributed by atoms with Crippen LogP contribution in [-0.2, 0) is 9.59 Å². The summed E-state index contributed by atoms with van der Waals surface area (Å²) < 4.78 is 5.78. The number of carbonyl (C=O) groups excluding carboxylic acids is 3. The standard InChI is InChI=1S/C25H23ClN2O5/c1-25(2,24(32)27-15-22(30)28-19-9-11-20(29)12-10-19)33-21-13-5-17(6-14-21)23(31)16-3-7-18(26)8-4-16/h3-14,29H,15H2,1-2H3,(H,27,32)(H,28,30). The van der Waals surface area contributed by atoms with Crippen LogP contribution in [0.1, 0.15) is 29.8 Å². The van der Waals surface area contributed by atoms with E-state index in [4.69, 9.17) is 16.3 Å². The summed E-state index contributed by atoms with van der Waals surface area (Å²) in [5, 5.41) is 15.0. The molecule has 170 valence electrons. The van der Waals surface area contributed by atoms with Crippen LogP contribution >= 0.6 is 11.6 Å². The Morgan fingerprint density at radius 3 is 2.00 bits per heavy atom. The third-order valence-electron chi connectivity index (χ3n) is 4.70. The van der Waals surface area contributed by atoms with E-state index in [1.54, 1.807) is 74.5 Å². The van der Waals surface area contributed by atoms with Gasteiger partial charge in [0.05, 0.1) is 6.54 Å². The maximum atomic E-state index is 12.6. The van der Waals surface area contributed by atoms with Crippen LogP contribution in [0.5, 0.6) is 11.5 Å². The van der Waals surface area contributed by atoms with Gasteiger partial charge in [0.15, 0.2) is 11.4 Å². The molecule has 33 heavy (non-hydrogen) atoms. The summed E-state index contributed by atoms with van der Waals surface area (Å²) in [5.74, 6) is -0.576. The molecule has 0 spiro atoms. The molecule has 3 aromatic rings. The first kappa shape index (κ1) is 23.8. The van der Waals surface area contributed by atoms with E-state index in [1.165, 1.54) is 12.1 Å². The maximum absolute atomic E-state index is 12.6. The zero-order valence-electron chi connectivity index (χ0n) is 18.1. The summed E-state index contributed by atoms with van der Waals surface area (Å²) in [6.45, 7) is 2.90. The molecular weight excluding hydrogens is 444 g/mol. The first-order valence-electron chi connectivity index (χ1n) is 10.1. The number of hydrogen-bond donors (Lipinski definition) is 3. The average molecular weight is 467 g/mol. The molecule has 3 N–H and O–H groups in total. The van der Waals surface area contributed by atoms with E-state index >= 15 is 0 Å². The molecule has 0 saturated heterocycles. The van der Waals surface area contributed by atoms with Crippen molar-refractivity contribution in [1.29, 1.82) is 0 Å². The fraction of sp³-hybridized carbons (Fsp3) is 0.160. The van der Waals surface area contributed by atoms with Gasteiger partial charge in [-0.2, -0.15) is 0 Å². The van der Waals surface area contributed by atoms with Crippen LogP contribution in [0.2, 0.25) is 5.02 Å². The lowest BCUT2D eigenvalue weighted by atomic mass is 10.0. The van der Waals surface area contributed by atoms with E-state index in [2.05, 4.69) is 10.6 Å². The first-order chi connectivity index (χ1) is 15.6. The lowest BCUT2D eigenvalue weighted by Crippen LogP contribution is -2.48. The minimum Gasteiger partial charge on any atom is -0.508 e. The molecular formula is C25H23ClN2O5. The third kappa shape index (κ3) is 6.57. The van der Waals surface area contributed by atoms with Crippen molar-refractivity contribution in [1.82, 2.24) is 5.32 Å². The predicted molar refractivity (Wildman–Crippen MR) is 126 cm³/mol. The van der Waals surface area contributed by atoms with Gasteiger partial charge in [-0.1, -0.05) is 11.6 Å². The van der Waals surface area contributed by atoms with Gasteiger partial charge in [-0.05, 0) is 86.6 Å². The first-order valence-corrected chi connectivity index (χ1v) is 10.5. The van der Waals surface area contributed by atoms with Crippen molar-refractivity contribution < 1.29 is 24.2 Å². The number of anilines is 1. The Balaban J connectivity index is 1.54. The zero-order chi connectivity index (χ0) is 24.0. The van der Waals surface area contributed by atoms with Crippen molar-refractivity contribution in [3.8, 4) is 11.5 Å². The number of nitrogens with one attached hydrogen (secondary N) is 2. The van der Waals surface area contributed by atoms with E-state index in [0.29, 0.717) is 27.6 Å². The third-order valence-corrected chi connectivity index (χ3v) is 4.96. The second-order valence-electron chi connectivity index (χ2n) is 7.75. The summed E-state index contributed by atoms with van der Waals surface area (Å²) in [7, 11) is 0. The van der Waals surface area contributed by atoms with E-state index in [9.17, 15) is 19.5 Å². The summed E-state index contributed by atoms with van der Waals surface area (Å²) in [4.78, 5) is 37.2. The Bertz CT molecular complexity index is 1140. The van der Waals surface area contributed by atoms with E-state index in [1.807, 2.05) is 0 Å². The molecule has 0 fully saturated rings. The summed E-state index contributed by atoms with van der Waals surface area (Å²) in [5.41, 5.74) is 0.215. The maximum Gasteiger partial charge on any atom is 0.264 e. The van der Waals surface area contributed by atoms with Crippen LogP contribution in [0.3, 0.4) is 0 Å². The van der Waals surface area contributed by atoms with Gasteiger partial charge in [-0.3, -0.25) is 14.4 Å². The molecule has 3 rings (SSSR count). The Labute approximate surface area is 196 Å². The number of carbonyl (C=O) groups is 3. The molecule has 0 bridgehead atoms. The number of phenolic OH excluding ortho intramolecular Hbond substituents is 1. The van der Waals surface area contributed by atoms with Crippen LogP contribution in [0, 0.1) is 0 Å². The number of ether oxygens (including phenoxy) is 1. The number of amides is 2. The number of ketones is 1. The predicted octanol–water partition coefficient (Wildman–Crippen LogP) is 4.19. The molecule has 0 aliphatic heterocycles. The second kappa shape index (κ2) is 10.2. The average Bonchev–Trinajstić information content (AvgIpc) is 2.79. The van der Waals surface area contributed by atoms with Crippen molar-refractivity contribution in [3.63, 3.8) is 0 Å². The topological polar surface area (TPSA) is 105 Å². The molecule has 2 amide bonds. The van der Waals surface area contributed by atoms with E-state index in [0.717, 1.165) is 0 Å². The fourth-order valence-corrected chi connectivity index (χ4v) is 3.03. The Kier molecular flexibility index (Phi) is 7.35. The monoisotopic (exact) mass is 466 g/mol. The quantitative estimate of drug-likeness (QED) is 0.341. The molecule has 7 nitrogen and oxygen atoms in total. The number of hydrogen-bond acceptors (Lipinski definition) is 5. The molecule has 3 aromatic carbocycles. The van der Waals surface area contributed by atoms with Crippen molar-refractivity contribution in [2.24, 2.45) is 0 Å². The molecule has 0 radical (unpaired) electrons. The number of halogens is 1. The minimum absolute atomic E-state index is 0.0857. The molecule has 0 saturated carbocycles. The highest BCUT2D eigenvalue weighted by atomic mass is 35.5. The molecule has 8 heteroatoms. The minimum atomic E-state index is -1.26. The Morgan fingerprint density at radius 2 is 1.42 bits per heavy atom. The van der Waals surface area contributed by atoms with Gasteiger partial charge in [-0.15, -0.1) is 0 Å². The molecule has 0 heterocycles. The SMILES string of the molecule is CC(C)(Oc1ccc(C(=O)c2ccc(Cl)cc2)cc1)C(=O)NCC(=O)Nc1ccc(O)cc1. The largest absolute Gasteiger partial charge is 0.508 e. The number of phenols is 1. The molecule has 0 aliphatic carbocycles. The Morgan fingerprint density at radius 1 is 0.879 bits per heavy atom. The fourth-order valence-electron chi connectivity index (χ4n) is 2.91. The van der Waals surface area contributed by atoms with Gasteiger partial charge in [0.25, 0.3) is 5.91 Å². The molecule has 0 aromatic heterocycles. The summed E-state index contributed by atoms with van der Waals surface area (Å²) in [6.07, 6.45) is 0. The van der Waals surface area contributed by atoms with Gasteiger partial charge in [-0.25, -0.2) is 0 Å². The van der Waals surface area contributed by atoms with Crippen molar-refractivity contribution in [2.45, 2.75) is 19.4 Å². The zero-order valence-corrected chi connectivity index (χ0v) is 18.8.